The van der Waals surface area contributed by atoms with Crippen LogP contribution in [-0.2, 0) is 0 Å². The highest BCUT2D eigenvalue weighted by atomic mass is 79.9. The third-order valence-electron chi connectivity index (χ3n) is 3.31. The van der Waals surface area contributed by atoms with Crippen LogP contribution in [0.2, 0.25) is 0 Å². The van der Waals surface area contributed by atoms with Crippen molar-refractivity contribution >= 4 is 21.8 Å². The molecule has 1 N–H and O–H groups in total. The third-order valence-corrected chi connectivity index (χ3v) is 4.41. The summed E-state index contributed by atoms with van der Waals surface area (Å²) in [6.45, 7) is 2.03. The maximum atomic E-state index is 12.0. The highest BCUT2D eigenvalue weighted by Gasteiger charge is 2.24. The topological polar surface area (TPSA) is 29.1 Å². The van der Waals surface area contributed by atoms with Crippen molar-refractivity contribution in [2.24, 2.45) is 0 Å². The molecule has 0 radical (unpaired) electrons. The van der Waals surface area contributed by atoms with Gasteiger partial charge >= 0.3 is 0 Å². The number of halogens is 1. The second-order valence-electron chi connectivity index (χ2n) is 4.75. The highest BCUT2D eigenvalue weighted by Crippen LogP contribution is 2.24. The number of aryl methyl sites for hydroxylation is 1. The lowest BCUT2D eigenvalue weighted by molar-refractivity contribution is 0.0930. The minimum Gasteiger partial charge on any atom is -0.348 e. The average molecular weight is 296 g/mol. The van der Waals surface area contributed by atoms with Gasteiger partial charge in [-0.1, -0.05) is 46.5 Å². The number of rotatable bonds is 2. The van der Waals surface area contributed by atoms with E-state index < -0.39 is 0 Å². The Bertz CT molecular complexity index is 388. The molecular weight excluding hydrogens is 278 g/mol. The Morgan fingerprint density at radius 3 is 2.53 bits per heavy atom. The quantitative estimate of drug-likeness (QED) is 0.832. The fourth-order valence-electron chi connectivity index (χ4n) is 2.20. The molecule has 1 amide bonds. The number of amides is 1. The zero-order valence-corrected chi connectivity index (χ0v) is 11.7. The van der Waals surface area contributed by atoms with Gasteiger partial charge in [-0.2, -0.15) is 0 Å². The van der Waals surface area contributed by atoms with Crippen LogP contribution in [0, 0.1) is 6.92 Å². The summed E-state index contributed by atoms with van der Waals surface area (Å²) in [5.74, 6) is 0.0429. The summed E-state index contributed by atoms with van der Waals surface area (Å²) >= 11 is 3.65. The van der Waals surface area contributed by atoms with Gasteiger partial charge in [-0.15, -0.1) is 0 Å². The van der Waals surface area contributed by atoms with Gasteiger partial charge in [-0.3, -0.25) is 4.79 Å². The molecule has 1 saturated carbocycles. The first kappa shape index (κ1) is 12.6. The lowest BCUT2D eigenvalue weighted by Crippen LogP contribution is -2.42. The number of alkyl halides is 1. The molecule has 0 bridgehead atoms. The van der Waals surface area contributed by atoms with Gasteiger partial charge in [0.15, 0.2) is 0 Å². The molecule has 2 rings (SSSR count). The fraction of sp³-hybridized carbons (Fsp3) is 0.500. The molecule has 0 spiro atoms. The summed E-state index contributed by atoms with van der Waals surface area (Å²) in [7, 11) is 0. The second-order valence-corrected chi connectivity index (χ2v) is 5.92. The molecule has 2 atom stereocenters. The van der Waals surface area contributed by atoms with Crippen LogP contribution in [0.25, 0.3) is 0 Å². The Kier molecular flexibility index (Phi) is 4.21. The van der Waals surface area contributed by atoms with E-state index in [2.05, 4.69) is 21.2 Å². The van der Waals surface area contributed by atoms with Gasteiger partial charge in [0, 0.05) is 16.4 Å². The minimum absolute atomic E-state index is 0.0429. The van der Waals surface area contributed by atoms with Crippen molar-refractivity contribution in [3.8, 4) is 0 Å². The molecule has 0 heterocycles. The van der Waals surface area contributed by atoms with Gasteiger partial charge in [0.2, 0.25) is 0 Å². The van der Waals surface area contributed by atoms with E-state index in [1.54, 1.807) is 0 Å². The number of hydrogen-bond donors (Lipinski definition) is 1. The number of carbonyl (C=O) groups is 1. The van der Waals surface area contributed by atoms with Crippen LogP contribution in [0.3, 0.4) is 0 Å². The molecule has 1 aromatic carbocycles. The average Bonchev–Trinajstić information content (AvgIpc) is 2.33. The van der Waals surface area contributed by atoms with Crippen LogP contribution in [-0.4, -0.2) is 16.8 Å². The van der Waals surface area contributed by atoms with E-state index in [1.165, 1.54) is 18.4 Å². The summed E-state index contributed by atoms with van der Waals surface area (Å²) < 4.78 is 0. The molecule has 1 aliphatic rings. The fourth-order valence-corrected chi connectivity index (χ4v) is 2.93. The van der Waals surface area contributed by atoms with Crippen molar-refractivity contribution in [1.29, 1.82) is 0 Å². The monoisotopic (exact) mass is 295 g/mol. The van der Waals surface area contributed by atoms with Crippen molar-refractivity contribution in [2.75, 3.05) is 0 Å². The zero-order valence-electron chi connectivity index (χ0n) is 10.1. The minimum atomic E-state index is 0.0429. The predicted molar refractivity (Wildman–Crippen MR) is 73.6 cm³/mol. The highest BCUT2D eigenvalue weighted by molar-refractivity contribution is 9.09. The number of carbonyl (C=O) groups excluding carboxylic acids is 1. The van der Waals surface area contributed by atoms with Gasteiger partial charge < -0.3 is 5.32 Å². The standard InChI is InChI=1S/C14H18BrNO/c1-10-6-8-11(9-7-10)14(17)16-13-5-3-2-4-12(13)15/h6-9,12-13H,2-5H2,1H3,(H,16,17). The van der Waals surface area contributed by atoms with E-state index in [9.17, 15) is 4.79 Å². The van der Waals surface area contributed by atoms with Gasteiger partial charge in [-0.25, -0.2) is 0 Å². The maximum Gasteiger partial charge on any atom is 0.251 e. The van der Waals surface area contributed by atoms with Gasteiger partial charge in [0.05, 0.1) is 0 Å². The predicted octanol–water partition coefficient (Wildman–Crippen LogP) is 3.43. The first-order chi connectivity index (χ1) is 8.16. The summed E-state index contributed by atoms with van der Waals surface area (Å²) in [6, 6.07) is 7.99. The van der Waals surface area contributed by atoms with Crippen LogP contribution in [0.15, 0.2) is 24.3 Å². The molecule has 1 fully saturated rings. The molecular formula is C14H18BrNO. The normalized spacial score (nSPS) is 24.4. The number of nitrogens with one attached hydrogen (secondary N) is 1. The van der Waals surface area contributed by atoms with Crippen molar-refractivity contribution in [3.05, 3.63) is 35.4 Å². The van der Waals surface area contributed by atoms with E-state index in [4.69, 9.17) is 0 Å². The summed E-state index contributed by atoms with van der Waals surface area (Å²) in [4.78, 5) is 12.5. The van der Waals surface area contributed by atoms with Crippen molar-refractivity contribution in [2.45, 2.75) is 43.5 Å². The summed E-state index contributed by atoms with van der Waals surface area (Å²) in [6.07, 6.45) is 4.69. The van der Waals surface area contributed by atoms with Gasteiger partial charge in [0.1, 0.15) is 0 Å². The Morgan fingerprint density at radius 2 is 1.88 bits per heavy atom. The first-order valence-corrected chi connectivity index (χ1v) is 7.10. The third kappa shape index (κ3) is 3.32. The lowest BCUT2D eigenvalue weighted by atomic mass is 9.95. The van der Waals surface area contributed by atoms with E-state index >= 15 is 0 Å². The molecule has 92 valence electrons. The molecule has 0 saturated heterocycles. The molecule has 1 aromatic rings. The smallest absolute Gasteiger partial charge is 0.251 e. The number of hydrogen-bond acceptors (Lipinski definition) is 1. The van der Waals surface area contributed by atoms with E-state index in [0.29, 0.717) is 4.83 Å². The first-order valence-electron chi connectivity index (χ1n) is 6.18. The zero-order chi connectivity index (χ0) is 12.3. The van der Waals surface area contributed by atoms with Gasteiger partial charge in [0.25, 0.3) is 5.91 Å². The van der Waals surface area contributed by atoms with E-state index in [0.717, 1.165) is 18.4 Å². The van der Waals surface area contributed by atoms with E-state index in [-0.39, 0.29) is 11.9 Å². The van der Waals surface area contributed by atoms with Crippen molar-refractivity contribution < 1.29 is 4.79 Å². The maximum absolute atomic E-state index is 12.0. The Hall–Kier alpha value is -0.830. The molecule has 2 nitrogen and oxygen atoms in total. The lowest BCUT2D eigenvalue weighted by Gasteiger charge is -2.28. The van der Waals surface area contributed by atoms with Crippen LogP contribution < -0.4 is 5.32 Å². The van der Waals surface area contributed by atoms with Crippen molar-refractivity contribution in [1.82, 2.24) is 5.32 Å². The van der Waals surface area contributed by atoms with Crippen LogP contribution in [0.4, 0.5) is 0 Å². The molecule has 3 heteroatoms. The van der Waals surface area contributed by atoms with E-state index in [1.807, 2.05) is 31.2 Å². The molecule has 1 aliphatic carbocycles. The molecule has 2 unspecified atom stereocenters. The molecule has 17 heavy (non-hydrogen) atoms. The summed E-state index contributed by atoms with van der Waals surface area (Å²) in [5, 5.41) is 3.12. The number of benzene rings is 1. The molecule has 0 aromatic heterocycles. The SMILES string of the molecule is Cc1ccc(C(=O)NC2CCCCC2Br)cc1. The van der Waals surface area contributed by atoms with Crippen molar-refractivity contribution in [3.63, 3.8) is 0 Å². The molecule has 0 aliphatic heterocycles. The van der Waals surface area contributed by atoms with Gasteiger partial charge in [-0.05, 0) is 31.9 Å². The Balaban J connectivity index is 1.98. The van der Waals surface area contributed by atoms with Crippen LogP contribution in [0.5, 0.6) is 0 Å². The largest absolute Gasteiger partial charge is 0.348 e. The van der Waals surface area contributed by atoms with Crippen LogP contribution in [0.1, 0.15) is 41.6 Å². The Labute approximate surface area is 111 Å². The Morgan fingerprint density at radius 1 is 1.24 bits per heavy atom. The second kappa shape index (κ2) is 5.67. The summed E-state index contributed by atoms with van der Waals surface area (Å²) in [5.41, 5.74) is 1.93. The van der Waals surface area contributed by atoms with Crippen LogP contribution >= 0.6 is 15.9 Å².